The summed E-state index contributed by atoms with van der Waals surface area (Å²) in [6.45, 7) is 4.11. The predicted molar refractivity (Wildman–Crippen MR) is 103 cm³/mol. The summed E-state index contributed by atoms with van der Waals surface area (Å²) in [6, 6.07) is 7.15. The zero-order valence-electron chi connectivity index (χ0n) is 15.8. The molecule has 1 fully saturated rings. The van der Waals surface area contributed by atoms with Crippen molar-refractivity contribution < 1.29 is 9.59 Å². The van der Waals surface area contributed by atoms with E-state index in [1.807, 2.05) is 0 Å². The summed E-state index contributed by atoms with van der Waals surface area (Å²) in [5.41, 5.74) is 0.319. The lowest BCUT2D eigenvalue weighted by atomic mass is 9.78. The van der Waals surface area contributed by atoms with Crippen molar-refractivity contribution in [3.05, 3.63) is 40.9 Å². The van der Waals surface area contributed by atoms with Gasteiger partial charge in [0.25, 0.3) is 5.56 Å². The first-order valence-electron chi connectivity index (χ1n) is 9.46. The quantitative estimate of drug-likeness (QED) is 0.833. The maximum Gasteiger partial charge on any atom is 0.261 e. The van der Waals surface area contributed by atoms with Gasteiger partial charge >= 0.3 is 0 Å². The number of amides is 2. The van der Waals surface area contributed by atoms with E-state index in [0.717, 1.165) is 12.8 Å². The molecule has 2 N–H and O–H groups in total. The average molecular weight is 370 g/mol. The molecule has 1 aliphatic rings. The number of nitrogens with one attached hydrogen (secondary N) is 2. The highest BCUT2D eigenvalue weighted by Gasteiger charge is 2.28. The molecule has 0 radical (unpaired) electrons. The molecule has 0 spiro atoms. The van der Waals surface area contributed by atoms with Crippen molar-refractivity contribution in [2.75, 3.05) is 6.54 Å². The van der Waals surface area contributed by atoms with Gasteiger partial charge in [0, 0.05) is 6.04 Å². The molecule has 0 unspecified atom stereocenters. The van der Waals surface area contributed by atoms with E-state index < -0.39 is 5.91 Å². The molecule has 2 amide bonds. The third-order valence-corrected chi connectivity index (χ3v) is 5.54. The first-order valence-corrected chi connectivity index (χ1v) is 9.46. The Bertz CT molecular complexity index is 892. The Kier molecular flexibility index (Phi) is 5.88. The van der Waals surface area contributed by atoms with Crippen LogP contribution in [0.2, 0.25) is 0 Å². The Morgan fingerprint density at radius 2 is 1.96 bits per heavy atom. The van der Waals surface area contributed by atoms with Crippen LogP contribution in [-0.4, -0.2) is 34.0 Å². The van der Waals surface area contributed by atoms with E-state index in [0.29, 0.717) is 22.7 Å². The van der Waals surface area contributed by atoms with Crippen LogP contribution in [0.25, 0.3) is 10.9 Å². The number of para-hydroxylation sites is 1. The van der Waals surface area contributed by atoms with E-state index >= 15 is 0 Å². The van der Waals surface area contributed by atoms with Crippen LogP contribution in [0.5, 0.6) is 0 Å². The van der Waals surface area contributed by atoms with Gasteiger partial charge in [-0.3, -0.25) is 19.0 Å². The number of rotatable bonds is 5. The minimum atomic E-state index is -0.394. The Morgan fingerprint density at radius 3 is 2.78 bits per heavy atom. The fourth-order valence-corrected chi connectivity index (χ4v) is 3.65. The SMILES string of the molecule is C[C@H]1[C@H](C)CCC[C@H]1NC(=O)CNC(=O)Cn1cnc2ccccc2c1=O. The van der Waals surface area contributed by atoms with Crippen molar-refractivity contribution in [3.63, 3.8) is 0 Å². The summed E-state index contributed by atoms with van der Waals surface area (Å²) in [6.07, 6.45) is 4.64. The van der Waals surface area contributed by atoms with E-state index in [-0.39, 0.29) is 30.6 Å². The molecule has 27 heavy (non-hydrogen) atoms. The van der Waals surface area contributed by atoms with Crippen LogP contribution in [0.15, 0.2) is 35.4 Å². The molecule has 1 aliphatic carbocycles. The third kappa shape index (κ3) is 4.53. The molecule has 1 saturated carbocycles. The monoisotopic (exact) mass is 370 g/mol. The summed E-state index contributed by atoms with van der Waals surface area (Å²) in [5, 5.41) is 6.07. The molecule has 0 aliphatic heterocycles. The topological polar surface area (TPSA) is 93.1 Å². The smallest absolute Gasteiger partial charge is 0.261 e. The summed E-state index contributed by atoms with van der Waals surface area (Å²) in [5.74, 6) is 0.430. The van der Waals surface area contributed by atoms with Crippen LogP contribution in [0.3, 0.4) is 0 Å². The molecule has 0 bridgehead atoms. The number of hydrogen-bond acceptors (Lipinski definition) is 4. The number of fused-ring (bicyclic) bond motifs is 1. The average Bonchev–Trinajstić information content (AvgIpc) is 2.66. The van der Waals surface area contributed by atoms with Gasteiger partial charge in [0.15, 0.2) is 0 Å². The van der Waals surface area contributed by atoms with Crippen LogP contribution in [0, 0.1) is 11.8 Å². The summed E-state index contributed by atoms with van der Waals surface area (Å²) < 4.78 is 1.25. The molecule has 3 atom stereocenters. The molecule has 0 saturated heterocycles. The molecule has 1 aromatic heterocycles. The number of carbonyl (C=O) groups is 2. The first-order chi connectivity index (χ1) is 13.0. The molecule has 7 heteroatoms. The van der Waals surface area contributed by atoms with Crippen LogP contribution in [0.4, 0.5) is 0 Å². The number of carbonyl (C=O) groups excluding carboxylic acids is 2. The Balaban J connectivity index is 1.53. The zero-order chi connectivity index (χ0) is 19.4. The highest BCUT2D eigenvalue weighted by molar-refractivity contribution is 5.85. The van der Waals surface area contributed by atoms with Crippen LogP contribution in [0.1, 0.15) is 33.1 Å². The highest BCUT2D eigenvalue weighted by atomic mass is 16.2. The predicted octanol–water partition coefficient (Wildman–Crippen LogP) is 1.45. The lowest BCUT2D eigenvalue weighted by Gasteiger charge is -2.34. The summed E-state index contributed by atoms with van der Waals surface area (Å²) >= 11 is 0. The van der Waals surface area contributed by atoms with Crippen molar-refractivity contribution >= 4 is 22.7 Å². The molecule has 3 rings (SSSR count). The molecule has 144 valence electrons. The third-order valence-electron chi connectivity index (χ3n) is 5.54. The lowest BCUT2D eigenvalue weighted by Crippen LogP contribution is -2.47. The summed E-state index contributed by atoms with van der Waals surface area (Å²) in [4.78, 5) is 40.9. The lowest BCUT2D eigenvalue weighted by molar-refractivity contribution is -0.127. The molecule has 1 heterocycles. The van der Waals surface area contributed by atoms with E-state index in [1.54, 1.807) is 24.3 Å². The van der Waals surface area contributed by atoms with E-state index in [2.05, 4.69) is 29.5 Å². The van der Waals surface area contributed by atoms with Gasteiger partial charge < -0.3 is 10.6 Å². The van der Waals surface area contributed by atoms with Gasteiger partial charge in [-0.15, -0.1) is 0 Å². The standard InChI is InChI=1S/C20H26N4O3/c1-13-6-5-9-16(14(13)2)23-18(25)10-21-19(26)11-24-12-22-17-8-4-3-7-15(17)20(24)27/h3-4,7-8,12-14,16H,5-6,9-11H2,1-2H3,(H,21,26)(H,23,25)/t13-,14+,16-/m1/s1. The summed E-state index contributed by atoms with van der Waals surface area (Å²) in [7, 11) is 0. The fourth-order valence-electron chi connectivity index (χ4n) is 3.65. The second kappa shape index (κ2) is 8.33. The van der Waals surface area contributed by atoms with E-state index in [4.69, 9.17) is 0 Å². The van der Waals surface area contributed by atoms with Gasteiger partial charge in [-0.1, -0.05) is 38.8 Å². The fraction of sp³-hybridized carbons (Fsp3) is 0.500. The van der Waals surface area contributed by atoms with Crippen molar-refractivity contribution in [1.29, 1.82) is 0 Å². The second-order valence-corrected chi connectivity index (χ2v) is 7.41. The second-order valence-electron chi connectivity index (χ2n) is 7.41. The van der Waals surface area contributed by atoms with Gasteiger partial charge in [0.1, 0.15) is 6.54 Å². The number of nitrogens with zero attached hydrogens (tertiary/aromatic N) is 2. The maximum atomic E-state index is 12.4. The van der Waals surface area contributed by atoms with E-state index in [1.165, 1.54) is 17.3 Å². The Morgan fingerprint density at radius 1 is 1.19 bits per heavy atom. The van der Waals surface area contributed by atoms with Crippen molar-refractivity contribution in [1.82, 2.24) is 20.2 Å². The van der Waals surface area contributed by atoms with Crippen LogP contribution < -0.4 is 16.2 Å². The molecule has 1 aromatic carbocycles. The van der Waals surface area contributed by atoms with Gasteiger partial charge in [-0.05, 0) is 30.4 Å². The van der Waals surface area contributed by atoms with Crippen LogP contribution >= 0.6 is 0 Å². The Labute approximate surface area is 158 Å². The van der Waals surface area contributed by atoms with Gasteiger partial charge in [-0.25, -0.2) is 4.98 Å². The van der Waals surface area contributed by atoms with Crippen molar-refractivity contribution in [2.24, 2.45) is 11.8 Å². The minimum Gasteiger partial charge on any atom is -0.352 e. The van der Waals surface area contributed by atoms with Gasteiger partial charge in [0.05, 0.1) is 23.8 Å². The molecular formula is C20H26N4O3. The highest BCUT2D eigenvalue weighted by Crippen LogP contribution is 2.29. The van der Waals surface area contributed by atoms with Gasteiger partial charge in [-0.2, -0.15) is 0 Å². The largest absolute Gasteiger partial charge is 0.352 e. The number of hydrogen-bond donors (Lipinski definition) is 2. The van der Waals surface area contributed by atoms with Crippen LogP contribution in [-0.2, 0) is 16.1 Å². The first kappa shape index (κ1) is 19.1. The molecular weight excluding hydrogens is 344 g/mol. The van der Waals surface area contributed by atoms with E-state index in [9.17, 15) is 14.4 Å². The van der Waals surface area contributed by atoms with Crippen molar-refractivity contribution in [3.8, 4) is 0 Å². The number of aromatic nitrogens is 2. The Hall–Kier alpha value is -2.70. The normalized spacial score (nSPS) is 22.4. The number of benzene rings is 1. The molecule has 7 nitrogen and oxygen atoms in total. The molecule has 2 aromatic rings. The van der Waals surface area contributed by atoms with Crippen molar-refractivity contribution in [2.45, 2.75) is 45.7 Å². The zero-order valence-corrected chi connectivity index (χ0v) is 15.8. The minimum absolute atomic E-state index is 0.0911. The van der Waals surface area contributed by atoms with Gasteiger partial charge in [0.2, 0.25) is 11.8 Å². The maximum absolute atomic E-state index is 12.4.